The van der Waals surface area contributed by atoms with Crippen molar-refractivity contribution in [3.63, 3.8) is 0 Å². The second-order valence-electron chi connectivity index (χ2n) is 6.02. The minimum Gasteiger partial charge on any atom is -0.496 e. The maximum Gasteiger partial charge on any atom is 0.339 e. The maximum absolute atomic E-state index is 13.1. The first-order valence-electron chi connectivity index (χ1n) is 7.98. The Hall–Kier alpha value is -2.40. The zero-order chi connectivity index (χ0) is 17.1. The molecular formula is C19H20FNO3. The zero-order valence-corrected chi connectivity index (χ0v) is 13.5. The van der Waals surface area contributed by atoms with Crippen molar-refractivity contribution in [2.45, 2.75) is 25.4 Å². The van der Waals surface area contributed by atoms with E-state index in [2.05, 4.69) is 4.90 Å². The van der Waals surface area contributed by atoms with Crippen LogP contribution in [0.4, 0.5) is 4.39 Å². The number of likely N-dealkylation sites (tertiary alicyclic amines) is 1. The minimum atomic E-state index is -0.995. The van der Waals surface area contributed by atoms with Crippen LogP contribution in [0.25, 0.3) is 0 Å². The van der Waals surface area contributed by atoms with Crippen LogP contribution in [-0.4, -0.2) is 29.6 Å². The Morgan fingerprint density at radius 2 is 2.04 bits per heavy atom. The number of carboxylic acid groups (broad SMARTS) is 1. The largest absolute Gasteiger partial charge is 0.496 e. The van der Waals surface area contributed by atoms with Crippen molar-refractivity contribution in [2.24, 2.45) is 0 Å². The Balaban J connectivity index is 1.81. The van der Waals surface area contributed by atoms with E-state index in [1.807, 2.05) is 18.2 Å². The Bertz CT molecular complexity index is 730. The molecular weight excluding hydrogens is 309 g/mol. The van der Waals surface area contributed by atoms with Gasteiger partial charge in [0.2, 0.25) is 0 Å². The van der Waals surface area contributed by atoms with E-state index in [-0.39, 0.29) is 17.4 Å². The van der Waals surface area contributed by atoms with E-state index < -0.39 is 5.97 Å². The number of carboxylic acids is 1. The van der Waals surface area contributed by atoms with Gasteiger partial charge in [-0.05, 0) is 54.8 Å². The van der Waals surface area contributed by atoms with Gasteiger partial charge in [0, 0.05) is 12.6 Å². The Labute approximate surface area is 140 Å². The van der Waals surface area contributed by atoms with E-state index >= 15 is 0 Å². The van der Waals surface area contributed by atoms with Gasteiger partial charge >= 0.3 is 5.97 Å². The molecule has 1 fully saturated rings. The molecule has 1 atom stereocenters. The van der Waals surface area contributed by atoms with Gasteiger partial charge in [0.05, 0.1) is 7.11 Å². The summed E-state index contributed by atoms with van der Waals surface area (Å²) >= 11 is 0. The fourth-order valence-electron chi connectivity index (χ4n) is 3.33. The second kappa shape index (κ2) is 7.01. The van der Waals surface area contributed by atoms with Crippen LogP contribution >= 0.6 is 0 Å². The van der Waals surface area contributed by atoms with Crippen molar-refractivity contribution in [3.8, 4) is 5.75 Å². The smallest absolute Gasteiger partial charge is 0.339 e. The van der Waals surface area contributed by atoms with Crippen LogP contribution in [0, 0.1) is 5.82 Å². The molecule has 1 N–H and O–H groups in total. The molecule has 4 nitrogen and oxygen atoms in total. The van der Waals surface area contributed by atoms with Gasteiger partial charge in [-0.3, -0.25) is 4.90 Å². The maximum atomic E-state index is 13.1. The molecule has 24 heavy (non-hydrogen) atoms. The highest BCUT2D eigenvalue weighted by Gasteiger charge is 2.26. The third-order valence-electron chi connectivity index (χ3n) is 4.50. The van der Waals surface area contributed by atoms with Gasteiger partial charge in [-0.2, -0.15) is 0 Å². The van der Waals surface area contributed by atoms with Crippen LogP contribution in [0.3, 0.4) is 0 Å². The second-order valence-corrected chi connectivity index (χ2v) is 6.02. The number of hydrogen-bond donors (Lipinski definition) is 1. The molecule has 2 aromatic carbocycles. The summed E-state index contributed by atoms with van der Waals surface area (Å²) in [5.41, 5.74) is 2.20. The number of hydrogen-bond acceptors (Lipinski definition) is 3. The lowest BCUT2D eigenvalue weighted by atomic mass is 10.0. The van der Waals surface area contributed by atoms with Gasteiger partial charge in [0.25, 0.3) is 0 Å². The van der Waals surface area contributed by atoms with Gasteiger partial charge < -0.3 is 9.84 Å². The van der Waals surface area contributed by atoms with Gasteiger partial charge in [-0.25, -0.2) is 9.18 Å². The summed E-state index contributed by atoms with van der Waals surface area (Å²) in [7, 11) is 1.46. The van der Waals surface area contributed by atoms with E-state index in [1.165, 1.54) is 19.2 Å². The lowest BCUT2D eigenvalue weighted by molar-refractivity contribution is 0.0693. The average molecular weight is 329 g/mol. The molecule has 0 bridgehead atoms. The number of benzene rings is 2. The molecule has 0 amide bonds. The number of ether oxygens (including phenoxy) is 1. The van der Waals surface area contributed by atoms with E-state index in [0.717, 1.165) is 30.5 Å². The lowest BCUT2D eigenvalue weighted by Gasteiger charge is -2.25. The van der Waals surface area contributed by atoms with E-state index in [1.54, 1.807) is 12.1 Å². The lowest BCUT2D eigenvalue weighted by Crippen LogP contribution is -2.23. The quantitative estimate of drug-likeness (QED) is 0.905. The fourth-order valence-corrected chi connectivity index (χ4v) is 3.33. The number of methoxy groups -OCH3 is 1. The molecule has 126 valence electrons. The number of halogens is 1. The third kappa shape index (κ3) is 3.41. The molecule has 1 aliphatic rings. The molecule has 1 heterocycles. The number of rotatable bonds is 5. The minimum absolute atomic E-state index is 0.174. The Morgan fingerprint density at radius 1 is 1.29 bits per heavy atom. The highest BCUT2D eigenvalue weighted by Crippen LogP contribution is 2.33. The monoisotopic (exact) mass is 329 g/mol. The van der Waals surface area contributed by atoms with Crippen LogP contribution in [0.1, 0.15) is 40.4 Å². The number of nitrogens with zero attached hydrogens (tertiary/aromatic N) is 1. The summed E-state index contributed by atoms with van der Waals surface area (Å²) in [6.07, 6.45) is 2.09. The summed E-state index contributed by atoms with van der Waals surface area (Å²) in [6.45, 7) is 1.60. The van der Waals surface area contributed by atoms with Crippen LogP contribution in [-0.2, 0) is 6.54 Å². The molecule has 5 heteroatoms. The molecule has 0 spiro atoms. The molecule has 1 aliphatic heterocycles. The van der Waals surface area contributed by atoms with Gasteiger partial charge in [0.15, 0.2) is 0 Å². The van der Waals surface area contributed by atoms with Crippen molar-refractivity contribution in [1.29, 1.82) is 0 Å². The summed E-state index contributed by atoms with van der Waals surface area (Å²) in [4.78, 5) is 13.7. The summed E-state index contributed by atoms with van der Waals surface area (Å²) in [5, 5.41) is 9.31. The number of carbonyl (C=O) groups is 1. The average Bonchev–Trinajstić information content (AvgIpc) is 3.03. The summed E-state index contributed by atoms with van der Waals surface area (Å²) < 4.78 is 18.2. The SMILES string of the molecule is COc1ccc(CN2CCC[C@H]2c2ccc(F)cc2)cc1C(=O)O. The van der Waals surface area contributed by atoms with E-state index in [4.69, 9.17) is 4.74 Å². The van der Waals surface area contributed by atoms with Crippen molar-refractivity contribution in [1.82, 2.24) is 4.90 Å². The molecule has 0 saturated carbocycles. The van der Waals surface area contributed by atoms with Crippen molar-refractivity contribution >= 4 is 5.97 Å². The summed E-state index contributed by atoms with van der Waals surface area (Å²) in [6, 6.07) is 12.1. The van der Waals surface area contributed by atoms with E-state index in [0.29, 0.717) is 12.3 Å². The van der Waals surface area contributed by atoms with Crippen LogP contribution in [0.2, 0.25) is 0 Å². The fraction of sp³-hybridized carbons (Fsp3) is 0.316. The molecule has 0 radical (unpaired) electrons. The van der Waals surface area contributed by atoms with Crippen molar-refractivity contribution < 1.29 is 19.0 Å². The molecule has 0 aromatic heterocycles. The van der Waals surface area contributed by atoms with Crippen molar-refractivity contribution in [3.05, 3.63) is 65.0 Å². The molecule has 2 aromatic rings. The zero-order valence-electron chi connectivity index (χ0n) is 13.5. The highest BCUT2D eigenvalue weighted by atomic mass is 19.1. The van der Waals surface area contributed by atoms with Crippen LogP contribution < -0.4 is 4.74 Å². The van der Waals surface area contributed by atoms with Crippen LogP contribution in [0.5, 0.6) is 5.75 Å². The van der Waals surface area contributed by atoms with Gasteiger partial charge in [-0.15, -0.1) is 0 Å². The third-order valence-corrected chi connectivity index (χ3v) is 4.50. The first kappa shape index (κ1) is 16.5. The standard InChI is InChI=1S/C19H20FNO3/c1-24-18-9-4-13(11-16(18)19(22)23)12-21-10-2-3-17(21)14-5-7-15(20)8-6-14/h4-9,11,17H,2-3,10,12H2,1H3,(H,22,23)/t17-/m0/s1. The predicted octanol–water partition coefficient (Wildman–Crippen LogP) is 3.87. The first-order chi connectivity index (χ1) is 11.6. The Morgan fingerprint density at radius 3 is 2.71 bits per heavy atom. The molecule has 0 unspecified atom stereocenters. The molecule has 1 saturated heterocycles. The topological polar surface area (TPSA) is 49.8 Å². The predicted molar refractivity (Wildman–Crippen MR) is 88.7 cm³/mol. The van der Waals surface area contributed by atoms with Gasteiger partial charge in [0.1, 0.15) is 17.1 Å². The van der Waals surface area contributed by atoms with Crippen LogP contribution in [0.15, 0.2) is 42.5 Å². The van der Waals surface area contributed by atoms with E-state index in [9.17, 15) is 14.3 Å². The van der Waals surface area contributed by atoms with Gasteiger partial charge in [-0.1, -0.05) is 18.2 Å². The van der Waals surface area contributed by atoms with Crippen molar-refractivity contribution in [2.75, 3.05) is 13.7 Å². The molecule has 3 rings (SSSR count). The normalized spacial score (nSPS) is 17.8. The molecule has 0 aliphatic carbocycles. The highest BCUT2D eigenvalue weighted by molar-refractivity contribution is 5.91. The first-order valence-corrected chi connectivity index (χ1v) is 7.98. The Kier molecular flexibility index (Phi) is 4.81. The number of aromatic carboxylic acids is 1. The summed E-state index contributed by atoms with van der Waals surface area (Å²) in [5.74, 6) is -0.863.